The summed E-state index contributed by atoms with van der Waals surface area (Å²) in [6.45, 7) is 0. The van der Waals surface area contributed by atoms with E-state index in [1.807, 2.05) is 0 Å². The van der Waals surface area contributed by atoms with Crippen LogP contribution >= 0.6 is 0 Å². The summed E-state index contributed by atoms with van der Waals surface area (Å²) in [5, 5.41) is 11.1. The molecule has 5 heteroatoms. The van der Waals surface area contributed by atoms with E-state index >= 15 is 0 Å². The van der Waals surface area contributed by atoms with Crippen LogP contribution in [0.5, 0.6) is 5.75 Å². The van der Waals surface area contributed by atoms with Gasteiger partial charge in [-0.25, -0.2) is 0 Å². The van der Waals surface area contributed by atoms with E-state index in [-0.39, 0.29) is 5.88 Å². The highest BCUT2D eigenvalue weighted by atomic mass is 16.6. The molecule has 0 saturated heterocycles. The van der Waals surface area contributed by atoms with E-state index < -0.39 is 4.92 Å². The number of furan rings is 1. The number of nitro groups is 1. The smallest absolute Gasteiger partial charge is 0.434 e. The van der Waals surface area contributed by atoms with Gasteiger partial charge in [-0.05, 0) is 18.2 Å². The lowest BCUT2D eigenvalue weighted by molar-refractivity contribution is -0.401. The predicted octanol–water partition coefficient (Wildman–Crippen LogP) is 2.35. The maximum absolute atomic E-state index is 10.4. The van der Waals surface area contributed by atoms with Gasteiger partial charge in [0.15, 0.2) is 0 Å². The second kappa shape index (κ2) is 3.02. The number of nitrogens with zero attached hydrogens (tertiary/aromatic N) is 1. The minimum atomic E-state index is -0.563. The highest BCUT2D eigenvalue weighted by Crippen LogP contribution is 2.27. The maximum Gasteiger partial charge on any atom is 0.434 e. The molecule has 0 radical (unpaired) electrons. The number of fused-ring (bicyclic) bond motifs is 1. The van der Waals surface area contributed by atoms with Gasteiger partial charge in [-0.1, -0.05) is 0 Å². The van der Waals surface area contributed by atoms with Crippen molar-refractivity contribution < 1.29 is 14.1 Å². The standard InChI is InChI=1S/C9H7NO4/c1-13-7-2-3-8-6(4-7)5-9(14-8)10(11)12/h2-5H,1H3. The van der Waals surface area contributed by atoms with Crippen LogP contribution in [-0.2, 0) is 0 Å². The van der Waals surface area contributed by atoms with E-state index in [0.717, 1.165) is 0 Å². The molecule has 5 nitrogen and oxygen atoms in total. The van der Waals surface area contributed by atoms with Crippen molar-refractivity contribution in [3.8, 4) is 5.75 Å². The molecule has 0 bridgehead atoms. The third kappa shape index (κ3) is 1.28. The molecular weight excluding hydrogens is 186 g/mol. The molecule has 1 aromatic carbocycles. The summed E-state index contributed by atoms with van der Waals surface area (Å²) < 4.78 is 9.95. The van der Waals surface area contributed by atoms with Crippen molar-refractivity contribution >= 4 is 16.9 Å². The third-order valence-electron chi connectivity index (χ3n) is 1.89. The molecule has 0 unspecified atom stereocenters. The Kier molecular flexibility index (Phi) is 1.85. The normalized spacial score (nSPS) is 10.4. The fourth-order valence-corrected chi connectivity index (χ4v) is 1.22. The first kappa shape index (κ1) is 8.55. The number of hydrogen-bond acceptors (Lipinski definition) is 4. The first-order valence-electron chi connectivity index (χ1n) is 3.92. The number of hydrogen-bond donors (Lipinski definition) is 0. The van der Waals surface area contributed by atoms with Gasteiger partial charge in [0.1, 0.15) is 16.3 Å². The second-order valence-electron chi connectivity index (χ2n) is 2.75. The molecule has 0 atom stereocenters. The average molecular weight is 193 g/mol. The molecule has 0 spiro atoms. The van der Waals surface area contributed by atoms with Gasteiger partial charge in [0.2, 0.25) is 0 Å². The molecule has 1 aromatic heterocycles. The van der Waals surface area contributed by atoms with Gasteiger partial charge < -0.3 is 9.15 Å². The topological polar surface area (TPSA) is 65.5 Å². The van der Waals surface area contributed by atoms with Gasteiger partial charge in [-0.2, -0.15) is 0 Å². The molecular formula is C9H7NO4. The van der Waals surface area contributed by atoms with Gasteiger partial charge >= 0.3 is 5.88 Å². The Bertz CT molecular complexity index is 489. The van der Waals surface area contributed by atoms with Crippen molar-refractivity contribution in [2.75, 3.05) is 7.11 Å². The summed E-state index contributed by atoms with van der Waals surface area (Å²) in [6.07, 6.45) is 0. The molecule has 0 N–H and O–H groups in total. The van der Waals surface area contributed by atoms with Crippen LogP contribution in [-0.4, -0.2) is 12.0 Å². The summed E-state index contributed by atoms with van der Waals surface area (Å²) in [5.41, 5.74) is 0.484. The van der Waals surface area contributed by atoms with Crippen molar-refractivity contribution in [1.82, 2.24) is 0 Å². The van der Waals surface area contributed by atoms with Gasteiger partial charge in [0.05, 0.1) is 13.2 Å². The van der Waals surface area contributed by atoms with Crippen LogP contribution in [0.25, 0.3) is 11.0 Å². The van der Waals surface area contributed by atoms with Crippen molar-refractivity contribution in [1.29, 1.82) is 0 Å². The molecule has 0 aliphatic rings. The lowest BCUT2D eigenvalue weighted by atomic mass is 10.2. The van der Waals surface area contributed by atoms with E-state index in [1.165, 1.54) is 13.2 Å². The minimum absolute atomic E-state index is 0.256. The molecule has 0 amide bonds. The largest absolute Gasteiger partial charge is 0.497 e. The fourth-order valence-electron chi connectivity index (χ4n) is 1.22. The van der Waals surface area contributed by atoms with Crippen molar-refractivity contribution in [2.45, 2.75) is 0 Å². The third-order valence-corrected chi connectivity index (χ3v) is 1.89. The zero-order valence-electron chi connectivity index (χ0n) is 7.39. The Morgan fingerprint density at radius 3 is 2.86 bits per heavy atom. The molecule has 14 heavy (non-hydrogen) atoms. The Hall–Kier alpha value is -2.04. The van der Waals surface area contributed by atoms with Crippen molar-refractivity contribution in [2.24, 2.45) is 0 Å². The van der Waals surface area contributed by atoms with Crippen LogP contribution in [0.3, 0.4) is 0 Å². The van der Waals surface area contributed by atoms with E-state index in [4.69, 9.17) is 9.15 Å². The Labute approximate surface area is 79.0 Å². The van der Waals surface area contributed by atoms with Crippen LogP contribution in [0.15, 0.2) is 28.7 Å². The number of methoxy groups -OCH3 is 1. The quantitative estimate of drug-likeness (QED) is 0.542. The summed E-state index contributed by atoms with van der Waals surface area (Å²) >= 11 is 0. The van der Waals surface area contributed by atoms with E-state index in [9.17, 15) is 10.1 Å². The summed E-state index contributed by atoms with van der Waals surface area (Å²) in [7, 11) is 1.54. The molecule has 2 aromatic rings. The number of rotatable bonds is 2. The van der Waals surface area contributed by atoms with Crippen LogP contribution < -0.4 is 4.74 Å². The lowest BCUT2D eigenvalue weighted by Gasteiger charge is -1.96. The average Bonchev–Trinajstić information content (AvgIpc) is 2.59. The second-order valence-corrected chi connectivity index (χ2v) is 2.75. The minimum Gasteiger partial charge on any atom is -0.497 e. The summed E-state index contributed by atoms with van der Waals surface area (Å²) in [6, 6.07) is 6.39. The molecule has 72 valence electrons. The van der Waals surface area contributed by atoms with Gasteiger partial charge in [0, 0.05) is 5.39 Å². The van der Waals surface area contributed by atoms with Gasteiger partial charge in [-0.15, -0.1) is 0 Å². The molecule has 0 saturated carbocycles. The molecule has 0 aliphatic carbocycles. The SMILES string of the molecule is COc1ccc2oc([N+](=O)[O-])cc2c1. The maximum atomic E-state index is 10.4. The van der Waals surface area contributed by atoms with Gasteiger partial charge in [-0.3, -0.25) is 10.1 Å². The lowest BCUT2D eigenvalue weighted by Crippen LogP contribution is -1.82. The first-order chi connectivity index (χ1) is 6.70. The molecule has 0 aliphatic heterocycles. The van der Waals surface area contributed by atoms with E-state index in [0.29, 0.717) is 16.7 Å². The Morgan fingerprint density at radius 2 is 2.21 bits per heavy atom. The zero-order valence-corrected chi connectivity index (χ0v) is 7.39. The summed E-state index contributed by atoms with van der Waals surface area (Å²) in [5.74, 6) is 0.390. The summed E-state index contributed by atoms with van der Waals surface area (Å²) in [4.78, 5) is 9.84. The molecule has 2 rings (SSSR count). The van der Waals surface area contributed by atoms with E-state index in [1.54, 1.807) is 18.2 Å². The number of benzene rings is 1. The zero-order chi connectivity index (χ0) is 10.1. The highest BCUT2D eigenvalue weighted by Gasteiger charge is 2.13. The van der Waals surface area contributed by atoms with E-state index in [2.05, 4.69) is 0 Å². The highest BCUT2D eigenvalue weighted by molar-refractivity contribution is 5.81. The monoisotopic (exact) mass is 193 g/mol. The van der Waals surface area contributed by atoms with Crippen LogP contribution in [0.1, 0.15) is 0 Å². The Balaban J connectivity index is 2.60. The van der Waals surface area contributed by atoms with Crippen LogP contribution in [0, 0.1) is 10.1 Å². The van der Waals surface area contributed by atoms with Crippen molar-refractivity contribution in [3.05, 3.63) is 34.4 Å². The number of ether oxygens (including phenoxy) is 1. The van der Waals surface area contributed by atoms with Crippen LogP contribution in [0.2, 0.25) is 0 Å². The van der Waals surface area contributed by atoms with Gasteiger partial charge in [0.25, 0.3) is 0 Å². The van der Waals surface area contributed by atoms with Crippen LogP contribution in [0.4, 0.5) is 5.88 Å². The predicted molar refractivity (Wildman–Crippen MR) is 49.4 cm³/mol. The first-order valence-corrected chi connectivity index (χ1v) is 3.92. The molecule has 0 fully saturated rings. The molecule has 1 heterocycles. The van der Waals surface area contributed by atoms with Crippen molar-refractivity contribution in [3.63, 3.8) is 0 Å². The Morgan fingerprint density at radius 1 is 1.43 bits per heavy atom. The fraction of sp³-hybridized carbons (Fsp3) is 0.111.